The van der Waals surface area contributed by atoms with Crippen molar-refractivity contribution < 1.29 is 33.0 Å². The number of carbonyl (C=O) groups excluding carboxylic acids is 3. The molecule has 1 unspecified atom stereocenters. The van der Waals surface area contributed by atoms with Crippen molar-refractivity contribution in [3.8, 4) is 17.2 Å². The number of fused-ring (bicyclic) bond motifs is 6. The summed E-state index contributed by atoms with van der Waals surface area (Å²) >= 11 is 0. The molecular formula is C26H27FN2O6. The Morgan fingerprint density at radius 1 is 1.03 bits per heavy atom. The zero-order valence-electron chi connectivity index (χ0n) is 19.9. The van der Waals surface area contributed by atoms with Crippen LogP contribution in [-0.4, -0.2) is 67.4 Å². The third kappa shape index (κ3) is 3.52. The van der Waals surface area contributed by atoms with Crippen molar-refractivity contribution in [3.63, 3.8) is 0 Å². The van der Waals surface area contributed by atoms with Crippen molar-refractivity contribution in [2.75, 3.05) is 27.9 Å². The SMILES string of the molecule is COc1cc(C(=O)C(=O)N2[C@@H]3CCC[C@H]2C(=O)N2CCc4cccc(F)c4C32)cc(OC)c1OC. The van der Waals surface area contributed by atoms with E-state index in [2.05, 4.69) is 0 Å². The summed E-state index contributed by atoms with van der Waals surface area (Å²) < 4.78 is 31.0. The van der Waals surface area contributed by atoms with Gasteiger partial charge < -0.3 is 24.0 Å². The average Bonchev–Trinajstić information content (AvgIpc) is 2.89. The average molecular weight is 483 g/mol. The Morgan fingerprint density at radius 3 is 2.40 bits per heavy atom. The Kier molecular flexibility index (Phi) is 5.86. The van der Waals surface area contributed by atoms with Gasteiger partial charge in [0.05, 0.1) is 33.4 Å². The van der Waals surface area contributed by atoms with E-state index in [-0.39, 0.29) is 23.0 Å². The first-order valence-electron chi connectivity index (χ1n) is 11.7. The van der Waals surface area contributed by atoms with E-state index in [4.69, 9.17) is 14.2 Å². The van der Waals surface area contributed by atoms with Crippen LogP contribution in [0, 0.1) is 5.82 Å². The summed E-state index contributed by atoms with van der Waals surface area (Å²) in [5, 5.41) is 0. The van der Waals surface area contributed by atoms with Gasteiger partial charge in [-0.05, 0) is 49.4 Å². The maximum Gasteiger partial charge on any atom is 0.295 e. The minimum absolute atomic E-state index is 0.0627. The molecule has 184 valence electrons. The van der Waals surface area contributed by atoms with Gasteiger partial charge in [-0.15, -0.1) is 0 Å². The number of piperazine rings is 1. The largest absolute Gasteiger partial charge is 0.493 e. The molecule has 3 atom stereocenters. The number of ketones is 1. The van der Waals surface area contributed by atoms with Crippen LogP contribution in [0.4, 0.5) is 4.39 Å². The zero-order chi connectivity index (χ0) is 24.9. The number of hydrogen-bond donors (Lipinski definition) is 0. The molecule has 35 heavy (non-hydrogen) atoms. The van der Waals surface area contributed by atoms with Gasteiger partial charge in [-0.3, -0.25) is 14.4 Å². The number of hydrogen-bond acceptors (Lipinski definition) is 6. The predicted molar refractivity (Wildman–Crippen MR) is 123 cm³/mol. The number of Topliss-reactive ketones (excluding diaryl/α,β-unsaturated/α-hetero) is 1. The number of amides is 2. The summed E-state index contributed by atoms with van der Waals surface area (Å²) in [5.74, 6) is -1.41. The van der Waals surface area contributed by atoms with Crippen molar-refractivity contribution in [1.82, 2.24) is 9.80 Å². The first-order chi connectivity index (χ1) is 16.9. The fraction of sp³-hybridized carbons (Fsp3) is 0.423. The van der Waals surface area contributed by atoms with Crippen LogP contribution in [0.5, 0.6) is 17.2 Å². The summed E-state index contributed by atoms with van der Waals surface area (Å²) in [5.41, 5.74) is 1.36. The van der Waals surface area contributed by atoms with E-state index in [0.29, 0.717) is 37.1 Å². The highest BCUT2D eigenvalue weighted by molar-refractivity contribution is 6.43. The van der Waals surface area contributed by atoms with Crippen LogP contribution in [-0.2, 0) is 16.0 Å². The van der Waals surface area contributed by atoms with E-state index in [1.54, 1.807) is 11.0 Å². The highest BCUT2D eigenvalue weighted by Gasteiger charge is 2.54. The number of methoxy groups -OCH3 is 3. The molecule has 5 rings (SSSR count). The molecule has 2 aromatic carbocycles. The summed E-state index contributed by atoms with van der Waals surface area (Å²) in [6, 6.07) is 5.92. The van der Waals surface area contributed by atoms with Gasteiger partial charge >= 0.3 is 0 Å². The topological polar surface area (TPSA) is 85.4 Å². The van der Waals surface area contributed by atoms with Crippen LogP contribution in [0.15, 0.2) is 30.3 Å². The number of piperidine rings is 1. The van der Waals surface area contributed by atoms with E-state index >= 15 is 4.39 Å². The number of carbonyl (C=O) groups is 3. The molecule has 0 radical (unpaired) electrons. The quantitative estimate of drug-likeness (QED) is 0.481. The van der Waals surface area contributed by atoms with Crippen LogP contribution < -0.4 is 14.2 Å². The molecule has 2 fully saturated rings. The van der Waals surface area contributed by atoms with Gasteiger partial charge in [0.15, 0.2) is 11.5 Å². The normalized spacial score (nSPS) is 22.7. The molecule has 0 N–H and O–H groups in total. The monoisotopic (exact) mass is 482 g/mol. The number of benzene rings is 2. The lowest BCUT2D eigenvalue weighted by atomic mass is 9.78. The van der Waals surface area contributed by atoms with Crippen LogP contribution in [0.2, 0.25) is 0 Å². The molecule has 8 nitrogen and oxygen atoms in total. The maximum atomic E-state index is 15.0. The van der Waals surface area contributed by atoms with Gasteiger partial charge in [0.1, 0.15) is 11.9 Å². The first kappa shape index (κ1) is 23.1. The standard InChI is InChI=1S/C26H27FN2O6/c1-33-19-12-15(13-20(34-2)24(19)35-3)23(30)26(32)29-17-8-5-9-18(29)25(31)28-11-10-14-6-4-7-16(27)21(14)22(17)28/h4,6-7,12-13,17-18,22H,5,8-11H2,1-3H3/t17-,18+,22?/m1/s1. The van der Waals surface area contributed by atoms with E-state index in [0.717, 1.165) is 12.0 Å². The van der Waals surface area contributed by atoms with E-state index in [9.17, 15) is 14.4 Å². The van der Waals surface area contributed by atoms with Crippen molar-refractivity contribution >= 4 is 17.6 Å². The van der Waals surface area contributed by atoms with Gasteiger partial charge in [0, 0.05) is 17.7 Å². The summed E-state index contributed by atoms with van der Waals surface area (Å²) in [7, 11) is 4.29. The van der Waals surface area contributed by atoms with Gasteiger partial charge in [-0.2, -0.15) is 0 Å². The molecule has 2 amide bonds. The third-order valence-electron chi connectivity index (χ3n) is 7.36. The minimum Gasteiger partial charge on any atom is -0.493 e. The predicted octanol–water partition coefficient (Wildman–Crippen LogP) is 2.92. The molecule has 2 bridgehead atoms. The Morgan fingerprint density at radius 2 is 1.74 bits per heavy atom. The fourth-order valence-corrected chi connectivity index (χ4v) is 5.83. The lowest BCUT2D eigenvalue weighted by molar-refractivity contribution is -0.164. The molecule has 0 saturated carbocycles. The fourth-order valence-electron chi connectivity index (χ4n) is 5.83. The van der Waals surface area contributed by atoms with Gasteiger partial charge in [-0.25, -0.2) is 4.39 Å². The van der Waals surface area contributed by atoms with E-state index in [1.165, 1.54) is 44.4 Å². The molecule has 3 aliphatic rings. The second kappa shape index (κ2) is 8.87. The van der Waals surface area contributed by atoms with Crippen LogP contribution in [0.3, 0.4) is 0 Å². The van der Waals surface area contributed by atoms with Crippen LogP contribution >= 0.6 is 0 Å². The Bertz CT molecular complexity index is 1190. The molecule has 3 aliphatic heterocycles. The lowest BCUT2D eigenvalue weighted by Gasteiger charge is -2.55. The third-order valence-corrected chi connectivity index (χ3v) is 7.36. The van der Waals surface area contributed by atoms with Gasteiger partial charge in [0.25, 0.3) is 11.7 Å². The number of halogens is 1. The number of nitrogens with zero attached hydrogens (tertiary/aromatic N) is 2. The minimum atomic E-state index is -0.787. The second-order valence-electron chi connectivity index (χ2n) is 9.01. The molecule has 3 heterocycles. The summed E-state index contributed by atoms with van der Waals surface area (Å²) in [4.78, 5) is 43.7. The highest BCUT2D eigenvalue weighted by atomic mass is 19.1. The smallest absolute Gasteiger partial charge is 0.295 e. The molecule has 0 aliphatic carbocycles. The Labute approximate surface area is 202 Å². The van der Waals surface area contributed by atoms with Crippen molar-refractivity contribution in [2.45, 2.75) is 43.8 Å². The molecule has 0 spiro atoms. The summed E-state index contributed by atoms with van der Waals surface area (Å²) in [6.45, 7) is 0.468. The van der Waals surface area contributed by atoms with Crippen molar-refractivity contribution in [3.05, 3.63) is 52.8 Å². The molecule has 0 aromatic heterocycles. The van der Waals surface area contributed by atoms with Crippen molar-refractivity contribution in [1.29, 1.82) is 0 Å². The first-order valence-corrected chi connectivity index (χ1v) is 11.7. The molecule has 2 saturated heterocycles. The van der Waals surface area contributed by atoms with E-state index < -0.39 is 35.6 Å². The Balaban J connectivity index is 1.55. The highest BCUT2D eigenvalue weighted by Crippen LogP contribution is 2.45. The number of ether oxygens (including phenoxy) is 3. The van der Waals surface area contributed by atoms with Crippen LogP contribution in [0.1, 0.15) is 46.8 Å². The van der Waals surface area contributed by atoms with Crippen LogP contribution in [0.25, 0.3) is 0 Å². The molecule has 2 aromatic rings. The maximum absolute atomic E-state index is 15.0. The van der Waals surface area contributed by atoms with Gasteiger partial charge in [-0.1, -0.05) is 12.1 Å². The molecular weight excluding hydrogens is 455 g/mol. The number of rotatable bonds is 5. The lowest BCUT2D eigenvalue weighted by Crippen LogP contribution is -2.68. The zero-order valence-corrected chi connectivity index (χ0v) is 19.9. The van der Waals surface area contributed by atoms with Gasteiger partial charge in [0.2, 0.25) is 11.7 Å². The van der Waals surface area contributed by atoms with Crippen molar-refractivity contribution in [2.24, 2.45) is 0 Å². The Hall–Kier alpha value is -3.62. The molecule has 9 heteroatoms. The van der Waals surface area contributed by atoms with E-state index in [1.807, 2.05) is 6.07 Å². The summed E-state index contributed by atoms with van der Waals surface area (Å²) in [6.07, 6.45) is 2.33. The second-order valence-corrected chi connectivity index (χ2v) is 9.01.